The molecule has 0 radical (unpaired) electrons. The van der Waals surface area contributed by atoms with Gasteiger partial charge in [-0.15, -0.1) is 0 Å². The molecule has 2 N–H and O–H groups in total. The highest BCUT2D eigenvalue weighted by atomic mass is 16.5. The molecule has 0 aliphatic carbocycles. The van der Waals surface area contributed by atoms with Gasteiger partial charge in [-0.1, -0.05) is 0 Å². The van der Waals surface area contributed by atoms with Crippen LogP contribution in [0.1, 0.15) is 13.3 Å². The molecule has 2 heterocycles. The summed E-state index contributed by atoms with van der Waals surface area (Å²) >= 11 is 0. The van der Waals surface area contributed by atoms with E-state index in [4.69, 9.17) is 4.74 Å². The van der Waals surface area contributed by atoms with Gasteiger partial charge in [-0.3, -0.25) is 9.59 Å². The number of carbonyl (C=O) groups is 2. The number of piperazine rings is 1. The van der Waals surface area contributed by atoms with Crippen molar-refractivity contribution in [2.24, 2.45) is 0 Å². The van der Waals surface area contributed by atoms with Gasteiger partial charge in [-0.2, -0.15) is 0 Å². The summed E-state index contributed by atoms with van der Waals surface area (Å²) in [6.45, 7) is 5.72. The van der Waals surface area contributed by atoms with Gasteiger partial charge in [0.1, 0.15) is 0 Å². The predicted molar refractivity (Wildman–Crippen MR) is 61.4 cm³/mol. The SMILES string of the molecule is CC1(NC(=O)C(=O)N2CCNCC2)CCOC1. The minimum Gasteiger partial charge on any atom is -0.379 e. The molecular formula is C11H19N3O3. The van der Waals surface area contributed by atoms with Crippen LogP contribution in [0, 0.1) is 0 Å². The Balaban J connectivity index is 1.88. The van der Waals surface area contributed by atoms with Gasteiger partial charge in [-0.05, 0) is 13.3 Å². The number of nitrogens with zero attached hydrogens (tertiary/aromatic N) is 1. The number of nitrogens with one attached hydrogen (secondary N) is 2. The maximum absolute atomic E-state index is 11.9. The van der Waals surface area contributed by atoms with E-state index in [0.717, 1.165) is 19.5 Å². The third-order valence-electron chi connectivity index (χ3n) is 3.23. The van der Waals surface area contributed by atoms with Crippen molar-refractivity contribution in [1.29, 1.82) is 0 Å². The number of carbonyl (C=O) groups excluding carboxylic acids is 2. The number of ether oxygens (including phenoxy) is 1. The molecule has 2 aliphatic heterocycles. The average Bonchev–Trinajstić information content (AvgIpc) is 2.76. The molecule has 6 nitrogen and oxygen atoms in total. The Kier molecular flexibility index (Phi) is 3.63. The largest absolute Gasteiger partial charge is 0.379 e. The Labute approximate surface area is 101 Å². The summed E-state index contributed by atoms with van der Waals surface area (Å²) in [5.74, 6) is -0.945. The Hall–Kier alpha value is -1.14. The molecule has 0 aromatic heterocycles. The van der Waals surface area contributed by atoms with Crippen LogP contribution in [-0.4, -0.2) is 61.6 Å². The van der Waals surface area contributed by atoms with Crippen LogP contribution >= 0.6 is 0 Å². The third kappa shape index (κ3) is 2.95. The molecule has 2 saturated heterocycles. The van der Waals surface area contributed by atoms with Gasteiger partial charge in [0, 0.05) is 32.8 Å². The first-order chi connectivity index (χ1) is 8.11. The van der Waals surface area contributed by atoms with Crippen LogP contribution in [0.3, 0.4) is 0 Å². The minimum absolute atomic E-state index is 0.388. The standard InChI is InChI=1S/C11H19N3O3/c1-11(2-7-17-8-11)13-9(15)10(16)14-5-3-12-4-6-14/h12H,2-8H2,1H3,(H,13,15). The zero-order valence-corrected chi connectivity index (χ0v) is 10.1. The van der Waals surface area contributed by atoms with Gasteiger partial charge in [0.2, 0.25) is 0 Å². The Bertz CT molecular complexity index is 307. The topological polar surface area (TPSA) is 70.7 Å². The lowest BCUT2D eigenvalue weighted by molar-refractivity contribution is -0.147. The summed E-state index contributed by atoms with van der Waals surface area (Å²) in [6.07, 6.45) is 0.758. The molecular weight excluding hydrogens is 222 g/mol. The van der Waals surface area contributed by atoms with Crippen molar-refractivity contribution in [1.82, 2.24) is 15.5 Å². The molecule has 0 bridgehead atoms. The van der Waals surface area contributed by atoms with Crippen LogP contribution in [0.25, 0.3) is 0 Å². The van der Waals surface area contributed by atoms with Crippen molar-refractivity contribution in [2.45, 2.75) is 18.9 Å². The van der Waals surface area contributed by atoms with Crippen LogP contribution in [-0.2, 0) is 14.3 Å². The van der Waals surface area contributed by atoms with Crippen LogP contribution in [0.2, 0.25) is 0 Å². The number of hydrogen-bond acceptors (Lipinski definition) is 4. The van der Waals surface area contributed by atoms with Gasteiger partial charge in [-0.25, -0.2) is 0 Å². The lowest BCUT2D eigenvalue weighted by Crippen LogP contribution is -2.55. The number of amides is 2. The second-order valence-electron chi connectivity index (χ2n) is 4.86. The Morgan fingerprint density at radius 2 is 2.06 bits per heavy atom. The van der Waals surface area contributed by atoms with E-state index in [1.54, 1.807) is 4.90 Å². The van der Waals surface area contributed by atoms with Crippen molar-refractivity contribution < 1.29 is 14.3 Å². The maximum atomic E-state index is 11.9. The highest BCUT2D eigenvalue weighted by molar-refractivity contribution is 6.35. The van der Waals surface area contributed by atoms with Gasteiger partial charge in [0.05, 0.1) is 12.1 Å². The molecule has 2 rings (SSSR count). The smallest absolute Gasteiger partial charge is 0.311 e. The Morgan fingerprint density at radius 3 is 2.65 bits per heavy atom. The normalized spacial score (nSPS) is 29.1. The second-order valence-corrected chi connectivity index (χ2v) is 4.86. The molecule has 0 spiro atoms. The second kappa shape index (κ2) is 5.01. The fraction of sp³-hybridized carbons (Fsp3) is 0.818. The average molecular weight is 241 g/mol. The van der Waals surface area contributed by atoms with Crippen LogP contribution in [0.4, 0.5) is 0 Å². The van der Waals surface area contributed by atoms with Crippen molar-refractivity contribution >= 4 is 11.8 Å². The predicted octanol–water partition coefficient (Wildman–Crippen LogP) is -1.29. The zero-order chi connectivity index (χ0) is 12.3. The number of hydrogen-bond donors (Lipinski definition) is 2. The van der Waals surface area contributed by atoms with E-state index in [1.165, 1.54) is 0 Å². The summed E-state index contributed by atoms with van der Waals surface area (Å²) in [7, 11) is 0. The molecule has 2 aliphatic rings. The minimum atomic E-state index is -0.514. The molecule has 1 unspecified atom stereocenters. The monoisotopic (exact) mass is 241 g/mol. The van der Waals surface area contributed by atoms with E-state index in [1.807, 2.05) is 6.92 Å². The fourth-order valence-electron chi connectivity index (χ4n) is 2.10. The van der Waals surface area contributed by atoms with Crippen LogP contribution in [0.5, 0.6) is 0 Å². The van der Waals surface area contributed by atoms with Crippen molar-refractivity contribution in [3.05, 3.63) is 0 Å². The lowest BCUT2D eigenvalue weighted by atomic mass is 10.0. The Morgan fingerprint density at radius 1 is 1.35 bits per heavy atom. The molecule has 2 fully saturated rings. The molecule has 0 aromatic rings. The molecule has 96 valence electrons. The molecule has 2 amide bonds. The van der Waals surface area contributed by atoms with E-state index < -0.39 is 11.8 Å². The fourth-order valence-corrected chi connectivity index (χ4v) is 2.10. The van der Waals surface area contributed by atoms with E-state index in [0.29, 0.717) is 26.3 Å². The van der Waals surface area contributed by atoms with Gasteiger partial charge in [0.15, 0.2) is 0 Å². The summed E-state index contributed by atoms with van der Waals surface area (Å²) in [4.78, 5) is 25.3. The van der Waals surface area contributed by atoms with E-state index >= 15 is 0 Å². The molecule has 0 aromatic carbocycles. The molecule has 17 heavy (non-hydrogen) atoms. The van der Waals surface area contributed by atoms with Crippen LogP contribution in [0.15, 0.2) is 0 Å². The third-order valence-corrected chi connectivity index (χ3v) is 3.23. The van der Waals surface area contributed by atoms with Crippen molar-refractivity contribution in [3.8, 4) is 0 Å². The summed E-state index contributed by atoms with van der Waals surface area (Å²) < 4.78 is 5.24. The summed E-state index contributed by atoms with van der Waals surface area (Å²) in [6, 6.07) is 0. The van der Waals surface area contributed by atoms with Crippen molar-refractivity contribution in [3.63, 3.8) is 0 Å². The quantitative estimate of drug-likeness (QED) is 0.561. The van der Waals surface area contributed by atoms with Crippen molar-refractivity contribution in [2.75, 3.05) is 39.4 Å². The van der Waals surface area contributed by atoms with Gasteiger partial charge >= 0.3 is 11.8 Å². The summed E-state index contributed by atoms with van der Waals surface area (Å²) in [5, 5.41) is 5.92. The maximum Gasteiger partial charge on any atom is 0.311 e. The van der Waals surface area contributed by atoms with Crippen LogP contribution < -0.4 is 10.6 Å². The van der Waals surface area contributed by atoms with Gasteiger partial charge < -0.3 is 20.3 Å². The first-order valence-corrected chi connectivity index (χ1v) is 6.01. The molecule has 6 heteroatoms. The van der Waals surface area contributed by atoms with E-state index in [-0.39, 0.29) is 5.54 Å². The zero-order valence-electron chi connectivity index (χ0n) is 10.1. The van der Waals surface area contributed by atoms with Gasteiger partial charge in [0.25, 0.3) is 0 Å². The van der Waals surface area contributed by atoms with E-state index in [2.05, 4.69) is 10.6 Å². The highest BCUT2D eigenvalue weighted by Gasteiger charge is 2.34. The highest BCUT2D eigenvalue weighted by Crippen LogP contribution is 2.17. The van der Waals surface area contributed by atoms with E-state index in [9.17, 15) is 9.59 Å². The molecule has 0 saturated carbocycles. The first kappa shape index (κ1) is 12.3. The number of rotatable bonds is 1. The first-order valence-electron chi connectivity index (χ1n) is 6.01. The lowest BCUT2D eigenvalue weighted by Gasteiger charge is -2.29. The molecule has 1 atom stereocenters. The summed E-state index contributed by atoms with van der Waals surface area (Å²) in [5.41, 5.74) is -0.388.